The SMILES string of the molecule is COc1ccccc1C(=O)NC1C[C@H]2CCC[C@H](C1)N2Cc1cccs1. The number of ether oxygens (including phenoxy) is 1. The molecule has 0 spiro atoms. The summed E-state index contributed by atoms with van der Waals surface area (Å²) in [7, 11) is 1.61. The fourth-order valence-electron chi connectivity index (χ4n) is 4.53. The molecule has 138 valence electrons. The molecular formula is C21H26N2O2S. The van der Waals surface area contributed by atoms with Crippen molar-refractivity contribution in [2.24, 2.45) is 0 Å². The van der Waals surface area contributed by atoms with Gasteiger partial charge in [-0.25, -0.2) is 0 Å². The molecule has 0 aliphatic carbocycles. The van der Waals surface area contributed by atoms with Gasteiger partial charge in [-0.1, -0.05) is 24.6 Å². The van der Waals surface area contributed by atoms with Gasteiger partial charge in [-0.3, -0.25) is 9.69 Å². The minimum Gasteiger partial charge on any atom is -0.496 e. The summed E-state index contributed by atoms with van der Waals surface area (Å²) in [4.78, 5) is 16.9. The van der Waals surface area contributed by atoms with Crippen LogP contribution in [0.2, 0.25) is 0 Å². The Labute approximate surface area is 159 Å². The van der Waals surface area contributed by atoms with Gasteiger partial charge in [0, 0.05) is 29.5 Å². The second-order valence-corrected chi connectivity index (χ2v) is 8.36. The highest BCUT2D eigenvalue weighted by atomic mass is 32.1. The van der Waals surface area contributed by atoms with Gasteiger partial charge in [-0.2, -0.15) is 0 Å². The molecule has 2 atom stereocenters. The Bertz CT molecular complexity index is 732. The molecule has 0 unspecified atom stereocenters. The van der Waals surface area contributed by atoms with E-state index in [0.29, 0.717) is 23.4 Å². The van der Waals surface area contributed by atoms with Gasteiger partial charge in [-0.05, 0) is 49.3 Å². The van der Waals surface area contributed by atoms with Crippen LogP contribution in [-0.2, 0) is 6.54 Å². The average molecular weight is 371 g/mol. The topological polar surface area (TPSA) is 41.6 Å². The summed E-state index contributed by atoms with van der Waals surface area (Å²) >= 11 is 1.84. The van der Waals surface area contributed by atoms with Gasteiger partial charge in [0.05, 0.1) is 12.7 Å². The Hall–Kier alpha value is -1.85. The Morgan fingerprint density at radius 1 is 1.19 bits per heavy atom. The van der Waals surface area contributed by atoms with Crippen molar-refractivity contribution in [2.45, 2.75) is 56.8 Å². The lowest BCUT2D eigenvalue weighted by atomic mass is 9.81. The molecule has 2 aliphatic heterocycles. The van der Waals surface area contributed by atoms with Crippen molar-refractivity contribution in [3.05, 3.63) is 52.2 Å². The molecule has 1 aromatic carbocycles. The summed E-state index contributed by atoms with van der Waals surface area (Å²) in [5.74, 6) is 0.623. The Morgan fingerprint density at radius 2 is 1.96 bits per heavy atom. The van der Waals surface area contributed by atoms with E-state index in [1.54, 1.807) is 7.11 Å². The van der Waals surface area contributed by atoms with Gasteiger partial charge in [0.1, 0.15) is 5.75 Å². The van der Waals surface area contributed by atoms with Crippen LogP contribution in [0.1, 0.15) is 47.3 Å². The first-order chi connectivity index (χ1) is 12.7. The van der Waals surface area contributed by atoms with Crippen molar-refractivity contribution >= 4 is 17.2 Å². The van der Waals surface area contributed by atoms with E-state index in [9.17, 15) is 4.79 Å². The largest absolute Gasteiger partial charge is 0.496 e. The molecule has 2 aliphatic rings. The van der Waals surface area contributed by atoms with E-state index in [1.807, 2.05) is 35.6 Å². The molecule has 2 bridgehead atoms. The van der Waals surface area contributed by atoms with Crippen LogP contribution in [0.4, 0.5) is 0 Å². The smallest absolute Gasteiger partial charge is 0.255 e. The van der Waals surface area contributed by atoms with Crippen LogP contribution in [0.3, 0.4) is 0 Å². The number of nitrogens with zero attached hydrogens (tertiary/aromatic N) is 1. The highest BCUT2D eigenvalue weighted by Gasteiger charge is 2.38. The molecule has 26 heavy (non-hydrogen) atoms. The number of fused-ring (bicyclic) bond motifs is 2. The second kappa shape index (κ2) is 7.80. The van der Waals surface area contributed by atoms with Crippen LogP contribution >= 0.6 is 11.3 Å². The number of carbonyl (C=O) groups is 1. The quantitative estimate of drug-likeness (QED) is 0.862. The summed E-state index contributed by atoms with van der Waals surface area (Å²) in [6, 6.07) is 13.2. The summed E-state index contributed by atoms with van der Waals surface area (Å²) in [5, 5.41) is 5.43. The standard InChI is InChI=1S/C21H26N2O2S/c1-25-20-10-3-2-9-19(20)21(24)22-15-12-16-6-4-7-17(13-15)23(16)14-18-8-5-11-26-18/h2-3,5,8-11,15-17H,4,6-7,12-14H2,1H3,(H,22,24)/t16-,17-/m1/s1. The maximum atomic E-state index is 12.7. The van der Waals surface area contributed by atoms with Gasteiger partial charge >= 0.3 is 0 Å². The average Bonchev–Trinajstić information content (AvgIpc) is 3.15. The maximum absolute atomic E-state index is 12.7. The van der Waals surface area contributed by atoms with Crippen LogP contribution in [0.15, 0.2) is 41.8 Å². The van der Waals surface area contributed by atoms with Gasteiger partial charge in [0.15, 0.2) is 0 Å². The molecule has 3 heterocycles. The lowest BCUT2D eigenvalue weighted by Gasteiger charge is -2.49. The van der Waals surface area contributed by atoms with Crippen molar-refractivity contribution in [1.29, 1.82) is 0 Å². The number of rotatable bonds is 5. The fourth-order valence-corrected chi connectivity index (χ4v) is 5.25. The van der Waals surface area contributed by atoms with Gasteiger partial charge in [-0.15, -0.1) is 11.3 Å². The summed E-state index contributed by atoms with van der Waals surface area (Å²) in [6.45, 7) is 1.06. The molecule has 4 nitrogen and oxygen atoms in total. The Balaban J connectivity index is 1.43. The van der Waals surface area contributed by atoms with Gasteiger partial charge in [0.2, 0.25) is 0 Å². The van der Waals surface area contributed by atoms with E-state index in [-0.39, 0.29) is 11.9 Å². The fraction of sp³-hybridized carbons (Fsp3) is 0.476. The zero-order chi connectivity index (χ0) is 17.9. The van der Waals surface area contributed by atoms with E-state index in [4.69, 9.17) is 4.74 Å². The molecule has 2 saturated heterocycles. The van der Waals surface area contributed by atoms with E-state index < -0.39 is 0 Å². The van der Waals surface area contributed by atoms with Crippen molar-refractivity contribution in [1.82, 2.24) is 10.2 Å². The molecule has 2 fully saturated rings. The third kappa shape index (κ3) is 3.64. The predicted molar refractivity (Wildman–Crippen MR) is 105 cm³/mol. The van der Waals surface area contributed by atoms with Crippen molar-refractivity contribution in [3.8, 4) is 5.75 Å². The minimum absolute atomic E-state index is 0.0165. The third-order valence-corrected chi connectivity index (χ3v) is 6.59. The summed E-state index contributed by atoms with van der Waals surface area (Å²) in [5.41, 5.74) is 0.626. The van der Waals surface area contributed by atoms with E-state index in [2.05, 4.69) is 27.7 Å². The number of para-hydroxylation sites is 1. The van der Waals surface area contributed by atoms with Crippen LogP contribution in [0.25, 0.3) is 0 Å². The zero-order valence-corrected chi connectivity index (χ0v) is 16.0. The number of amides is 1. The predicted octanol–water partition coefficient (Wildman–Crippen LogP) is 4.07. The van der Waals surface area contributed by atoms with Crippen LogP contribution < -0.4 is 10.1 Å². The molecule has 2 aromatic rings. The number of piperidine rings is 2. The van der Waals surface area contributed by atoms with Crippen molar-refractivity contribution in [2.75, 3.05) is 7.11 Å². The Morgan fingerprint density at radius 3 is 2.65 bits per heavy atom. The number of hydrogen-bond acceptors (Lipinski definition) is 4. The summed E-state index contributed by atoms with van der Waals surface area (Å²) < 4.78 is 5.34. The Kier molecular flexibility index (Phi) is 5.27. The molecule has 1 aromatic heterocycles. The van der Waals surface area contributed by atoms with E-state index in [0.717, 1.165) is 19.4 Å². The first-order valence-corrected chi connectivity index (χ1v) is 10.3. The number of hydrogen-bond donors (Lipinski definition) is 1. The van der Waals surface area contributed by atoms with Gasteiger partial charge < -0.3 is 10.1 Å². The normalized spacial score (nSPS) is 25.7. The highest BCUT2D eigenvalue weighted by Crippen LogP contribution is 2.36. The van der Waals surface area contributed by atoms with Crippen LogP contribution in [0, 0.1) is 0 Å². The van der Waals surface area contributed by atoms with Crippen molar-refractivity contribution < 1.29 is 9.53 Å². The monoisotopic (exact) mass is 370 g/mol. The number of methoxy groups -OCH3 is 1. The number of thiophene rings is 1. The van der Waals surface area contributed by atoms with Crippen LogP contribution in [-0.4, -0.2) is 36.0 Å². The minimum atomic E-state index is -0.0165. The number of carbonyl (C=O) groups excluding carboxylic acids is 1. The molecule has 0 saturated carbocycles. The van der Waals surface area contributed by atoms with E-state index in [1.165, 1.54) is 24.1 Å². The third-order valence-electron chi connectivity index (χ3n) is 5.73. The lowest BCUT2D eigenvalue weighted by molar-refractivity contribution is 0.0184. The van der Waals surface area contributed by atoms with Crippen molar-refractivity contribution in [3.63, 3.8) is 0 Å². The van der Waals surface area contributed by atoms with E-state index >= 15 is 0 Å². The first-order valence-electron chi connectivity index (χ1n) is 9.46. The summed E-state index contributed by atoms with van der Waals surface area (Å²) in [6.07, 6.45) is 5.88. The van der Waals surface area contributed by atoms with Gasteiger partial charge in [0.25, 0.3) is 5.91 Å². The molecule has 1 N–H and O–H groups in total. The number of benzene rings is 1. The zero-order valence-electron chi connectivity index (χ0n) is 15.2. The number of nitrogens with one attached hydrogen (secondary N) is 1. The highest BCUT2D eigenvalue weighted by molar-refractivity contribution is 7.09. The molecular weight excluding hydrogens is 344 g/mol. The first kappa shape index (κ1) is 17.6. The van der Waals surface area contributed by atoms with Crippen LogP contribution in [0.5, 0.6) is 5.75 Å². The molecule has 5 heteroatoms. The maximum Gasteiger partial charge on any atom is 0.255 e. The second-order valence-electron chi connectivity index (χ2n) is 7.33. The molecule has 0 radical (unpaired) electrons. The lowest BCUT2D eigenvalue weighted by Crippen LogP contribution is -2.56. The molecule has 1 amide bonds. The molecule has 4 rings (SSSR count).